The van der Waals surface area contributed by atoms with Gasteiger partial charge in [-0.05, 0) is 67.4 Å². The zero-order valence-electron chi connectivity index (χ0n) is 15.5. The number of hydrogen-bond acceptors (Lipinski definition) is 2. The Balaban J connectivity index is 1.57. The van der Waals surface area contributed by atoms with Crippen molar-refractivity contribution in [2.24, 2.45) is 0 Å². The molecule has 4 heteroatoms. The van der Waals surface area contributed by atoms with Crippen molar-refractivity contribution < 1.29 is 9.18 Å². The minimum Gasteiger partial charge on any atom is -0.284 e. The third-order valence-corrected chi connectivity index (χ3v) is 5.63. The van der Waals surface area contributed by atoms with Gasteiger partial charge in [0.25, 0.3) is 5.91 Å². The van der Waals surface area contributed by atoms with Gasteiger partial charge in [0.15, 0.2) is 0 Å². The number of halogens is 1. The van der Waals surface area contributed by atoms with E-state index in [0.717, 1.165) is 49.7 Å². The van der Waals surface area contributed by atoms with Crippen molar-refractivity contribution in [2.75, 3.05) is 6.54 Å². The van der Waals surface area contributed by atoms with Crippen molar-refractivity contribution in [1.82, 2.24) is 10.4 Å². The first kappa shape index (κ1) is 17.9. The maximum atomic E-state index is 13.1. The van der Waals surface area contributed by atoms with Crippen LogP contribution in [0.2, 0.25) is 0 Å². The van der Waals surface area contributed by atoms with E-state index in [-0.39, 0.29) is 17.8 Å². The van der Waals surface area contributed by atoms with Gasteiger partial charge in [0.1, 0.15) is 5.82 Å². The monoisotopic (exact) mass is 364 g/mol. The van der Waals surface area contributed by atoms with Gasteiger partial charge >= 0.3 is 0 Å². The number of carbonyl (C=O) groups excluding carboxylic acids is 1. The molecule has 27 heavy (non-hydrogen) atoms. The summed E-state index contributed by atoms with van der Waals surface area (Å²) in [6, 6.07) is 17.3. The second-order valence-electron chi connectivity index (χ2n) is 7.43. The van der Waals surface area contributed by atoms with Crippen LogP contribution in [0.15, 0.2) is 65.7 Å². The molecule has 1 amide bonds. The van der Waals surface area contributed by atoms with Gasteiger partial charge in [-0.15, -0.1) is 0 Å². The summed E-state index contributed by atoms with van der Waals surface area (Å²) in [5.41, 5.74) is 7.80. The Hall–Kier alpha value is -2.46. The summed E-state index contributed by atoms with van der Waals surface area (Å²) in [6.07, 6.45) is 5.81. The second kappa shape index (κ2) is 8.05. The van der Waals surface area contributed by atoms with Crippen LogP contribution in [-0.4, -0.2) is 23.5 Å². The third-order valence-electron chi connectivity index (χ3n) is 5.63. The number of benzene rings is 2. The molecule has 1 N–H and O–H groups in total. The maximum absolute atomic E-state index is 13.1. The zero-order valence-corrected chi connectivity index (χ0v) is 15.5. The van der Waals surface area contributed by atoms with Crippen LogP contribution in [0.3, 0.4) is 0 Å². The van der Waals surface area contributed by atoms with Crippen molar-refractivity contribution in [3.63, 3.8) is 0 Å². The highest BCUT2D eigenvalue weighted by molar-refractivity contribution is 5.95. The molecular weight excluding hydrogens is 339 g/mol. The van der Waals surface area contributed by atoms with Crippen molar-refractivity contribution in [1.29, 1.82) is 0 Å². The van der Waals surface area contributed by atoms with Crippen molar-refractivity contribution >= 4 is 5.91 Å². The molecule has 1 atom stereocenters. The predicted molar refractivity (Wildman–Crippen MR) is 104 cm³/mol. The fraction of sp³-hybridized carbons (Fsp3) is 0.348. The van der Waals surface area contributed by atoms with Crippen LogP contribution in [0.5, 0.6) is 0 Å². The molecule has 0 fully saturated rings. The Morgan fingerprint density at radius 3 is 2.48 bits per heavy atom. The lowest BCUT2D eigenvalue weighted by Crippen LogP contribution is -2.55. The number of carbonyl (C=O) groups is 1. The summed E-state index contributed by atoms with van der Waals surface area (Å²) >= 11 is 0. The lowest BCUT2D eigenvalue weighted by atomic mass is 9.83. The smallest absolute Gasteiger partial charge is 0.261 e. The average Bonchev–Trinajstić information content (AvgIpc) is 2.71. The number of nitrogens with zero attached hydrogens (tertiary/aromatic N) is 1. The van der Waals surface area contributed by atoms with Gasteiger partial charge in [-0.2, -0.15) is 0 Å². The number of rotatable bonds is 5. The van der Waals surface area contributed by atoms with E-state index in [4.69, 9.17) is 0 Å². The highest BCUT2D eigenvalue weighted by Crippen LogP contribution is 2.33. The fourth-order valence-electron chi connectivity index (χ4n) is 4.20. The van der Waals surface area contributed by atoms with E-state index in [1.54, 1.807) is 0 Å². The Bertz CT molecular complexity index is 829. The minimum absolute atomic E-state index is 0.0631. The van der Waals surface area contributed by atoms with Gasteiger partial charge in [-0.3, -0.25) is 10.2 Å². The quantitative estimate of drug-likeness (QED) is 0.862. The molecule has 1 unspecified atom stereocenters. The minimum atomic E-state index is -0.219. The Morgan fingerprint density at radius 2 is 1.70 bits per heavy atom. The Morgan fingerprint density at radius 1 is 0.963 bits per heavy atom. The summed E-state index contributed by atoms with van der Waals surface area (Å²) in [5.74, 6) is -0.155. The van der Waals surface area contributed by atoms with E-state index < -0.39 is 0 Å². The lowest BCUT2D eigenvalue weighted by Gasteiger charge is -2.40. The highest BCUT2D eigenvalue weighted by Gasteiger charge is 2.34. The molecule has 0 saturated heterocycles. The predicted octanol–water partition coefficient (Wildman–Crippen LogP) is 4.20. The molecule has 0 radical (unpaired) electrons. The van der Waals surface area contributed by atoms with E-state index in [2.05, 4.69) is 34.7 Å². The zero-order chi connectivity index (χ0) is 18.6. The van der Waals surface area contributed by atoms with Crippen molar-refractivity contribution in [2.45, 2.75) is 44.6 Å². The molecule has 1 aliphatic carbocycles. The number of hydrogen-bond donors (Lipinski definition) is 1. The molecule has 1 heterocycles. The Kier molecular flexibility index (Phi) is 5.35. The van der Waals surface area contributed by atoms with Gasteiger partial charge in [0.05, 0.1) is 6.04 Å². The topological polar surface area (TPSA) is 32.3 Å². The molecule has 2 aromatic rings. The molecule has 3 nitrogen and oxygen atoms in total. The van der Waals surface area contributed by atoms with Gasteiger partial charge in [0.2, 0.25) is 0 Å². The summed E-state index contributed by atoms with van der Waals surface area (Å²) in [5, 5.41) is 2.10. The number of hydrazine groups is 1. The van der Waals surface area contributed by atoms with Crippen LogP contribution >= 0.6 is 0 Å². The molecule has 0 spiro atoms. The summed E-state index contributed by atoms with van der Waals surface area (Å²) < 4.78 is 13.1. The van der Waals surface area contributed by atoms with Crippen LogP contribution < -0.4 is 5.43 Å². The molecule has 2 aliphatic rings. The maximum Gasteiger partial charge on any atom is 0.261 e. The van der Waals surface area contributed by atoms with E-state index >= 15 is 0 Å². The van der Waals surface area contributed by atoms with E-state index in [0.29, 0.717) is 6.54 Å². The number of nitrogens with one attached hydrogen (secondary N) is 1. The first-order chi connectivity index (χ1) is 13.2. The van der Waals surface area contributed by atoms with E-state index in [1.807, 2.05) is 18.2 Å². The third kappa shape index (κ3) is 4.11. The lowest BCUT2D eigenvalue weighted by molar-refractivity contribution is -0.124. The summed E-state index contributed by atoms with van der Waals surface area (Å²) in [7, 11) is 0. The summed E-state index contributed by atoms with van der Waals surface area (Å²) in [6.45, 7) is 0.714. The van der Waals surface area contributed by atoms with Gasteiger partial charge in [-0.1, -0.05) is 42.5 Å². The molecular formula is C23H25FN2O. The van der Waals surface area contributed by atoms with Gasteiger partial charge < -0.3 is 0 Å². The fourth-order valence-corrected chi connectivity index (χ4v) is 4.20. The van der Waals surface area contributed by atoms with E-state index in [9.17, 15) is 9.18 Å². The van der Waals surface area contributed by atoms with Crippen molar-refractivity contribution in [3.8, 4) is 0 Å². The molecule has 0 aromatic heterocycles. The van der Waals surface area contributed by atoms with Crippen LogP contribution in [0.4, 0.5) is 4.39 Å². The van der Waals surface area contributed by atoms with Crippen LogP contribution in [0, 0.1) is 5.82 Å². The highest BCUT2D eigenvalue weighted by atomic mass is 19.1. The normalized spacial score (nSPS) is 20.3. The van der Waals surface area contributed by atoms with Gasteiger partial charge in [0, 0.05) is 12.1 Å². The molecule has 140 valence electrons. The first-order valence-electron chi connectivity index (χ1n) is 9.78. The standard InChI is InChI=1S/C23H25FN2O/c24-19-12-10-17(11-13-19)14-15-26-22(16-18-6-2-1-3-7-18)20-8-4-5-9-21(20)23(27)25-26/h1-3,6-7,10-13,22H,4-5,8-9,14-16H2,(H,25,27). The van der Waals surface area contributed by atoms with Crippen molar-refractivity contribution in [3.05, 3.63) is 82.7 Å². The molecule has 0 bridgehead atoms. The van der Waals surface area contributed by atoms with Gasteiger partial charge in [-0.25, -0.2) is 9.40 Å². The molecule has 4 rings (SSSR count). The SMILES string of the molecule is O=C1NN(CCc2ccc(F)cc2)C(Cc2ccccc2)C2=C1CCCC2. The first-order valence-corrected chi connectivity index (χ1v) is 9.78. The molecule has 2 aromatic carbocycles. The number of amides is 1. The molecule has 0 saturated carbocycles. The second-order valence-corrected chi connectivity index (χ2v) is 7.43. The Labute approximate surface area is 159 Å². The van der Waals surface area contributed by atoms with Crippen LogP contribution in [-0.2, 0) is 17.6 Å². The van der Waals surface area contributed by atoms with Crippen LogP contribution in [0.25, 0.3) is 0 Å². The summed E-state index contributed by atoms with van der Waals surface area (Å²) in [4.78, 5) is 12.6. The van der Waals surface area contributed by atoms with E-state index in [1.165, 1.54) is 23.3 Å². The largest absolute Gasteiger partial charge is 0.284 e. The average molecular weight is 364 g/mol. The van der Waals surface area contributed by atoms with Crippen LogP contribution in [0.1, 0.15) is 36.8 Å². The molecule has 1 aliphatic heterocycles.